The van der Waals surface area contributed by atoms with Gasteiger partial charge in [0.1, 0.15) is 35.0 Å². The Kier molecular flexibility index (Phi) is 13.2. The molecule has 2 atom stereocenters. The number of thiazole rings is 1. The maximum atomic E-state index is 15.0. The molecule has 1 saturated heterocycles. The normalized spacial score (nSPS) is 15.9. The summed E-state index contributed by atoms with van der Waals surface area (Å²) in [6.07, 6.45) is -0.745. The van der Waals surface area contributed by atoms with Crippen LogP contribution in [0, 0.1) is 0 Å². The number of alkyl carbamates (subject to hydrolysis) is 1. The van der Waals surface area contributed by atoms with E-state index in [0.717, 1.165) is 38.3 Å². The fourth-order valence-electron chi connectivity index (χ4n) is 8.61. The maximum absolute atomic E-state index is 15.0. The Bertz CT molecular complexity index is 2780. The van der Waals surface area contributed by atoms with E-state index in [-0.39, 0.29) is 35.0 Å². The number of anilines is 1. The number of β-lactam (4-membered cyclic amide) rings is 1. The molecule has 0 aliphatic carbocycles. The SMILES string of the molecule is CNC(=O)OCC1=C(C(=O)O)N2C(=O)C(NC(=O)/C(=N\OC(c3ccccc3)(c3ccccc3)c3ccccc3)c3csc(NC(c4ccccc4)(c4ccccc4)c4ccccc4)n3)[C@@H]2SC1. The van der Waals surface area contributed by atoms with Crippen LogP contribution in [-0.4, -0.2) is 75.4 Å². The Morgan fingerprint density at radius 2 is 1.18 bits per heavy atom. The number of fused-ring (bicyclic) bond motifs is 1. The monoisotopic (exact) mass is 940 g/mol. The van der Waals surface area contributed by atoms with Gasteiger partial charge in [-0.05, 0) is 16.7 Å². The molecule has 2 aliphatic rings. The fourth-order valence-corrected chi connectivity index (χ4v) is 10.7. The number of oxime groups is 1. The van der Waals surface area contributed by atoms with Crippen LogP contribution >= 0.6 is 23.1 Å². The van der Waals surface area contributed by atoms with Crippen molar-refractivity contribution in [2.45, 2.75) is 22.6 Å². The predicted octanol–water partition coefficient (Wildman–Crippen LogP) is 8.35. The van der Waals surface area contributed by atoms with Crippen molar-refractivity contribution >= 4 is 57.8 Å². The van der Waals surface area contributed by atoms with Gasteiger partial charge in [-0.15, -0.1) is 23.1 Å². The first-order valence-corrected chi connectivity index (χ1v) is 23.6. The van der Waals surface area contributed by atoms with E-state index in [2.05, 4.69) is 52.3 Å². The number of nitrogens with one attached hydrogen (secondary N) is 3. The standard InChI is InChI=1S/C53H44N6O7S2/c1-54-51(64)65-32-35-33-67-48-44(47(61)59(48)45(35)49(62)63)56-46(60)43(58-66-53(39-26-14-5-15-27-39,40-28-16-6-17-29-40)41-30-18-7-19-31-41)42-34-68-50(55-42)57-52(36-20-8-2-9-21-36,37-22-10-3-11-23-37)38-24-12-4-13-25-38/h2-31,34,44,48H,32-33H2,1H3,(H,54,64)(H,55,57)(H,56,60)(H,62,63)/b58-43-/t44?,48-/m0/s1. The molecule has 3 amide bonds. The number of amides is 3. The van der Waals surface area contributed by atoms with Gasteiger partial charge in [0.25, 0.3) is 11.8 Å². The highest BCUT2D eigenvalue weighted by Gasteiger charge is 2.55. The molecule has 1 aromatic heterocycles. The third-order valence-corrected chi connectivity index (χ3v) is 13.9. The number of hydrogen-bond acceptors (Lipinski definition) is 11. The summed E-state index contributed by atoms with van der Waals surface area (Å²) >= 11 is 2.51. The number of carbonyl (C=O) groups excluding carboxylic acids is 3. The van der Waals surface area contributed by atoms with Gasteiger partial charge in [0.05, 0.1) is 0 Å². The van der Waals surface area contributed by atoms with Crippen molar-refractivity contribution in [1.82, 2.24) is 20.5 Å². The Labute approximate surface area is 400 Å². The van der Waals surface area contributed by atoms with Crippen molar-refractivity contribution in [1.29, 1.82) is 0 Å². The van der Waals surface area contributed by atoms with Crippen LogP contribution < -0.4 is 16.0 Å². The summed E-state index contributed by atoms with van der Waals surface area (Å²) in [5, 5.41) is 25.4. The molecule has 0 spiro atoms. The third kappa shape index (κ3) is 8.60. The quantitative estimate of drug-likeness (QED) is 0.0320. The Morgan fingerprint density at radius 3 is 1.62 bits per heavy atom. The zero-order valence-electron chi connectivity index (χ0n) is 36.5. The zero-order chi connectivity index (χ0) is 47.1. The summed E-state index contributed by atoms with van der Waals surface area (Å²) in [6, 6.07) is 57.7. The number of carbonyl (C=O) groups is 4. The van der Waals surface area contributed by atoms with Crippen molar-refractivity contribution in [2.75, 3.05) is 24.7 Å². The van der Waals surface area contributed by atoms with E-state index in [0.29, 0.717) is 5.13 Å². The molecule has 340 valence electrons. The van der Waals surface area contributed by atoms with Crippen LogP contribution in [0.1, 0.15) is 39.1 Å². The molecule has 6 aromatic carbocycles. The molecule has 4 N–H and O–H groups in total. The van der Waals surface area contributed by atoms with Gasteiger partial charge >= 0.3 is 12.1 Å². The molecule has 2 aliphatic heterocycles. The molecule has 68 heavy (non-hydrogen) atoms. The molecular weight excluding hydrogens is 897 g/mol. The van der Waals surface area contributed by atoms with Crippen molar-refractivity contribution in [2.24, 2.45) is 5.16 Å². The van der Waals surface area contributed by atoms with Crippen LogP contribution in [-0.2, 0) is 35.1 Å². The summed E-state index contributed by atoms with van der Waals surface area (Å²) in [7, 11) is 1.39. The van der Waals surface area contributed by atoms with E-state index in [4.69, 9.17) is 19.7 Å². The van der Waals surface area contributed by atoms with E-state index >= 15 is 0 Å². The topological polar surface area (TPSA) is 172 Å². The molecule has 0 bridgehead atoms. The van der Waals surface area contributed by atoms with Gasteiger partial charge in [-0.25, -0.2) is 14.6 Å². The van der Waals surface area contributed by atoms with E-state index in [1.54, 1.807) is 5.38 Å². The first-order chi connectivity index (χ1) is 33.2. The average molecular weight is 941 g/mol. The molecule has 0 saturated carbocycles. The lowest BCUT2D eigenvalue weighted by Gasteiger charge is -2.49. The molecule has 13 nitrogen and oxygen atoms in total. The van der Waals surface area contributed by atoms with E-state index < -0.39 is 46.4 Å². The van der Waals surface area contributed by atoms with Crippen LogP contribution in [0.25, 0.3) is 0 Å². The second kappa shape index (κ2) is 19.8. The number of aliphatic carboxylic acids is 1. The Morgan fingerprint density at radius 1 is 0.721 bits per heavy atom. The van der Waals surface area contributed by atoms with Crippen molar-refractivity contribution in [3.8, 4) is 0 Å². The minimum absolute atomic E-state index is 0.129. The van der Waals surface area contributed by atoms with Crippen LogP contribution in [0.2, 0.25) is 0 Å². The number of rotatable bonds is 16. The largest absolute Gasteiger partial charge is 0.477 e. The van der Waals surface area contributed by atoms with Gasteiger partial charge in [-0.2, -0.15) is 0 Å². The molecule has 3 heterocycles. The number of hydrogen-bond donors (Lipinski definition) is 4. The number of carboxylic acids is 1. The molecular formula is C53H44N6O7S2. The number of aromatic nitrogens is 1. The lowest BCUT2D eigenvalue weighted by Crippen LogP contribution is -2.71. The van der Waals surface area contributed by atoms with Gasteiger partial charge in [-0.1, -0.05) is 187 Å². The first kappa shape index (κ1) is 45.2. The second-order valence-corrected chi connectivity index (χ2v) is 17.7. The highest BCUT2D eigenvalue weighted by Crippen LogP contribution is 2.44. The molecule has 1 fully saturated rings. The summed E-state index contributed by atoms with van der Waals surface area (Å²) in [5.41, 5.74) is 2.56. The highest BCUT2D eigenvalue weighted by atomic mass is 32.2. The van der Waals surface area contributed by atoms with Crippen LogP contribution in [0.4, 0.5) is 9.93 Å². The fraction of sp³-hybridized carbons (Fsp3) is 0.132. The maximum Gasteiger partial charge on any atom is 0.407 e. The van der Waals surface area contributed by atoms with E-state index in [1.807, 2.05) is 146 Å². The first-order valence-electron chi connectivity index (χ1n) is 21.6. The Hall–Kier alpha value is -8.01. The predicted molar refractivity (Wildman–Crippen MR) is 262 cm³/mol. The minimum Gasteiger partial charge on any atom is -0.477 e. The molecule has 7 aromatic rings. The van der Waals surface area contributed by atoms with Crippen LogP contribution in [0.3, 0.4) is 0 Å². The van der Waals surface area contributed by atoms with E-state index in [1.165, 1.54) is 30.1 Å². The summed E-state index contributed by atoms with van der Waals surface area (Å²) < 4.78 is 5.15. The van der Waals surface area contributed by atoms with Gasteiger partial charge in [-0.3, -0.25) is 14.5 Å². The zero-order valence-corrected chi connectivity index (χ0v) is 38.2. The van der Waals surface area contributed by atoms with Crippen LogP contribution in [0.5, 0.6) is 0 Å². The average Bonchev–Trinajstić information content (AvgIpc) is 3.86. The summed E-state index contributed by atoms with van der Waals surface area (Å²) in [6.45, 7) is -0.331. The number of nitrogens with zero attached hydrogens (tertiary/aromatic N) is 3. The molecule has 15 heteroatoms. The van der Waals surface area contributed by atoms with Gasteiger partial charge < -0.3 is 30.6 Å². The van der Waals surface area contributed by atoms with Crippen LogP contribution in [0.15, 0.2) is 204 Å². The van der Waals surface area contributed by atoms with Crippen molar-refractivity contribution < 1.29 is 33.9 Å². The summed E-state index contributed by atoms with van der Waals surface area (Å²) in [4.78, 5) is 66.4. The smallest absolute Gasteiger partial charge is 0.407 e. The van der Waals surface area contributed by atoms with E-state index in [9.17, 15) is 24.3 Å². The highest BCUT2D eigenvalue weighted by molar-refractivity contribution is 8.00. The lowest BCUT2D eigenvalue weighted by molar-refractivity contribution is -0.150. The third-order valence-electron chi connectivity index (χ3n) is 11.8. The van der Waals surface area contributed by atoms with Gasteiger partial charge in [0.15, 0.2) is 10.8 Å². The molecule has 1 unspecified atom stereocenters. The second-order valence-electron chi connectivity index (χ2n) is 15.8. The Balaban J connectivity index is 1.14. The lowest BCUT2D eigenvalue weighted by atomic mass is 9.77. The van der Waals surface area contributed by atoms with Gasteiger partial charge in [0, 0.05) is 40.4 Å². The number of thioether (sulfide) groups is 1. The van der Waals surface area contributed by atoms with Crippen molar-refractivity contribution in [3.63, 3.8) is 0 Å². The van der Waals surface area contributed by atoms with Gasteiger partial charge in [0.2, 0.25) is 5.60 Å². The molecule has 9 rings (SSSR count). The minimum atomic E-state index is -1.38. The summed E-state index contributed by atoms with van der Waals surface area (Å²) in [5.74, 6) is -2.67. The molecule has 0 radical (unpaired) electrons. The van der Waals surface area contributed by atoms with Crippen molar-refractivity contribution in [3.05, 3.63) is 238 Å². The number of carboxylic acid groups (broad SMARTS) is 1. The number of benzene rings is 6. The number of ether oxygens (including phenoxy) is 1.